The van der Waals surface area contributed by atoms with E-state index >= 15 is 0 Å². The van der Waals surface area contributed by atoms with E-state index in [0.29, 0.717) is 10.8 Å². The molecule has 0 aliphatic rings. The van der Waals surface area contributed by atoms with Crippen molar-refractivity contribution in [1.82, 2.24) is 4.37 Å². The van der Waals surface area contributed by atoms with E-state index in [-0.39, 0.29) is 17.7 Å². The molecule has 0 saturated heterocycles. The summed E-state index contributed by atoms with van der Waals surface area (Å²) in [6.07, 6.45) is 0. The van der Waals surface area contributed by atoms with Crippen LogP contribution in [0.5, 0.6) is 0 Å². The molecule has 1 amide bonds. The highest BCUT2D eigenvalue weighted by Crippen LogP contribution is 2.27. The van der Waals surface area contributed by atoms with Crippen molar-refractivity contribution in [2.75, 3.05) is 5.32 Å². The van der Waals surface area contributed by atoms with E-state index in [9.17, 15) is 4.79 Å². The monoisotopic (exact) mass is 294 g/mol. The van der Waals surface area contributed by atoms with Gasteiger partial charge >= 0.3 is 0 Å². The molecule has 0 radical (unpaired) electrons. The van der Waals surface area contributed by atoms with E-state index in [1.165, 1.54) is 11.5 Å². The number of carbonyl (C=O) groups excluding carboxylic acids is 1. The predicted octanol–water partition coefficient (Wildman–Crippen LogP) is 4.17. The van der Waals surface area contributed by atoms with E-state index in [2.05, 4.69) is 9.69 Å². The van der Waals surface area contributed by atoms with Crippen molar-refractivity contribution in [3.63, 3.8) is 0 Å². The van der Waals surface area contributed by atoms with Crippen LogP contribution in [-0.4, -0.2) is 10.3 Å². The van der Waals surface area contributed by atoms with E-state index in [1.54, 1.807) is 6.07 Å². The maximum atomic E-state index is 12.4. The normalized spacial score (nSPS) is 12.4. The lowest BCUT2D eigenvalue weighted by Gasteiger charge is -2.20. The van der Waals surface area contributed by atoms with Crippen LogP contribution in [0.15, 0.2) is 35.7 Å². The van der Waals surface area contributed by atoms with Gasteiger partial charge in [-0.25, -0.2) is 0 Å². The van der Waals surface area contributed by atoms with Gasteiger partial charge in [0, 0.05) is 10.4 Å². The van der Waals surface area contributed by atoms with Crippen LogP contribution in [0.25, 0.3) is 0 Å². The lowest BCUT2D eigenvalue weighted by Crippen LogP contribution is -2.25. The van der Waals surface area contributed by atoms with Crippen molar-refractivity contribution in [2.24, 2.45) is 5.92 Å². The number of amides is 1. The Hall–Kier alpha value is -1.39. The fourth-order valence-corrected chi connectivity index (χ4v) is 2.59. The largest absolute Gasteiger partial charge is 0.309 e. The van der Waals surface area contributed by atoms with Gasteiger partial charge in [0.15, 0.2) is 0 Å². The van der Waals surface area contributed by atoms with Crippen LogP contribution in [0, 0.1) is 5.92 Å². The van der Waals surface area contributed by atoms with E-state index in [1.807, 2.05) is 43.5 Å². The molecule has 0 unspecified atom stereocenters. The molecule has 0 aliphatic carbocycles. The molecular weight excluding hydrogens is 280 g/mol. The lowest BCUT2D eigenvalue weighted by molar-refractivity contribution is -0.118. The first kappa shape index (κ1) is 14.0. The van der Waals surface area contributed by atoms with E-state index < -0.39 is 0 Å². The van der Waals surface area contributed by atoms with Gasteiger partial charge in [-0.3, -0.25) is 4.79 Å². The van der Waals surface area contributed by atoms with Crippen LogP contribution in [0.2, 0.25) is 5.02 Å². The van der Waals surface area contributed by atoms with Crippen molar-refractivity contribution in [1.29, 1.82) is 0 Å². The molecule has 5 heteroatoms. The molecule has 0 fully saturated rings. The Bertz CT molecular complexity index is 537. The van der Waals surface area contributed by atoms with Crippen molar-refractivity contribution in [3.05, 3.63) is 46.3 Å². The summed E-state index contributed by atoms with van der Waals surface area (Å²) in [4.78, 5) is 12.4. The Kier molecular flexibility index (Phi) is 4.56. The second kappa shape index (κ2) is 6.17. The third-order valence-electron chi connectivity index (χ3n) is 2.87. The fraction of sp³-hybridized carbons (Fsp3) is 0.286. The highest BCUT2D eigenvalue weighted by Gasteiger charge is 2.24. The Morgan fingerprint density at radius 3 is 2.47 bits per heavy atom. The smallest absolute Gasteiger partial charge is 0.233 e. The number of halogens is 1. The van der Waals surface area contributed by atoms with Gasteiger partial charge in [0.05, 0.1) is 5.92 Å². The summed E-state index contributed by atoms with van der Waals surface area (Å²) >= 11 is 7.20. The minimum Gasteiger partial charge on any atom is -0.309 e. The third kappa shape index (κ3) is 3.55. The Morgan fingerprint density at radius 2 is 1.95 bits per heavy atom. The van der Waals surface area contributed by atoms with Gasteiger partial charge in [-0.15, -0.1) is 0 Å². The van der Waals surface area contributed by atoms with Gasteiger partial charge in [0.25, 0.3) is 0 Å². The molecule has 2 aromatic rings. The first-order valence-corrected chi connectivity index (χ1v) is 7.26. The van der Waals surface area contributed by atoms with Gasteiger partial charge in [-0.05, 0) is 41.2 Å². The summed E-state index contributed by atoms with van der Waals surface area (Å²) in [7, 11) is 0. The molecule has 0 bridgehead atoms. The van der Waals surface area contributed by atoms with Crippen molar-refractivity contribution in [2.45, 2.75) is 19.8 Å². The Balaban J connectivity index is 2.20. The first-order valence-electron chi connectivity index (χ1n) is 6.04. The topological polar surface area (TPSA) is 42.0 Å². The van der Waals surface area contributed by atoms with Crippen LogP contribution >= 0.6 is 23.1 Å². The number of nitrogens with zero attached hydrogens (tertiary/aromatic N) is 1. The SMILES string of the molecule is CC(C)[C@H](C(=O)Nc1ccsn1)c1ccc(Cl)cc1. The average Bonchev–Trinajstić information content (AvgIpc) is 2.84. The molecular formula is C14H15ClN2OS. The van der Waals surface area contributed by atoms with Gasteiger partial charge in [-0.2, -0.15) is 4.37 Å². The molecule has 1 atom stereocenters. The van der Waals surface area contributed by atoms with Crippen LogP contribution in [0.4, 0.5) is 5.82 Å². The van der Waals surface area contributed by atoms with Crippen LogP contribution in [0.3, 0.4) is 0 Å². The number of hydrogen-bond acceptors (Lipinski definition) is 3. The molecule has 100 valence electrons. The van der Waals surface area contributed by atoms with Gasteiger partial charge in [0.1, 0.15) is 5.82 Å². The second-order valence-corrected chi connectivity index (χ2v) is 5.75. The zero-order chi connectivity index (χ0) is 13.8. The Labute approximate surface area is 121 Å². The van der Waals surface area contributed by atoms with Gasteiger partial charge in [0.2, 0.25) is 5.91 Å². The summed E-state index contributed by atoms with van der Waals surface area (Å²) in [5, 5.41) is 5.35. The van der Waals surface area contributed by atoms with Crippen molar-refractivity contribution >= 4 is 34.9 Å². The number of benzene rings is 1. The fourth-order valence-electron chi connectivity index (χ4n) is 1.99. The number of carbonyl (C=O) groups is 1. The molecule has 19 heavy (non-hydrogen) atoms. The van der Waals surface area contributed by atoms with Gasteiger partial charge in [-0.1, -0.05) is 37.6 Å². The number of nitrogens with one attached hydrogen (secondary N) is 1. The maximum Gasteiger partial charge on any atom is 0.233 e. The molecule has 0 saturated carbocycles. The lowest BCUT2D eigenvalue weighted by atomic mass is 9.87. The molecule has 1 heterocycles. The number of rotatable bonds is 4. The number of hydrogen-bond donors (Lipinski definition) is 1. The van der Waals surface area contributed by atoms with Crippen LogP contribution in [0.1, 0.15) is 25.3 Å². The summed E-state index contributed by atoms with van der Waals surface area (Å²) in [5.41, 5.74) is 0.965. The second-order valence-electron chi connectivity index (χ2n) is 4.65. The first-order chi connectivity index (χ1) is 9.08. The number of anilines is 1. The quantitative estimate of drug-likeness (QED) is 0.919. The summed E-state index contributed by atoms with van der Waals surface area (Å²) in [6, 6.07) is 9.20. The Morgan fingerprint density at radius 1 is 1.26 bits per heavy atom. The predicted molar refractivity (Wildman–Crippen MR) is 79.8 cm³/mol. The minimum atomic E-state index is -0.209. The van der Waals surface area contributed by atoms with Crippen molar-refractivity contribution < 1.29 is 4.79 Å². The van der Waals surface area contributed by atoms with Crippen LogP contribution in [-0.2, 0) is 4.79 Å². The minimum absolute atomic E-state index is 0.0387. The standard InChI is InChI=1S/C14H15ClN2OS/c1-9(2)13(10-3-5-11(15)6-4-10)14(18)16-12-7-8-19-17-12/h3-9,13H,1-2H3,(H,16,17,18)/t13-/m0/s1. The molecule has 2 rings (SSSR count). The van der Waals surface area contributed by atoms with E-state index in [4.69, 9.17) is 11.6 Å². The molecule has 0 aliphatic heterocycles. The third-order valence-corrected chi connectivity index (χ3v) is 3.68. The van der Waals surface area contributed by atoms with Crippen LogP contribution < -0.4 is 5.32 Å². The number of aromatic nitrogens is 1. The van der Waals surface area contributed by atoms with E-state index in [0.717, 1.165) is 5.56 Å². The highest BCUT2D eigenvalue weighted by atomic mass is 35.5. The summed E-state index contributed by atoms with van der Waals surface area (Å²) in [6.45, 7) is 4.06. The van der Waals surface area contributed by atoms with Crippen molar-refractivity contribution in [3.8, 4) is 0 Å². The molecule has 0 spiro atoms. The molecule has 1 N–H and O–H groups in total. The maximum absolute atomic E-state index is 12.4. The average molecular weight is 295 g/mol. The zero-order valence-electron chi connectivity index (χ0n) is 10.8. The zero-order valence-corrected chi connectivity index (χ0v) is 12.3. The molecule has 1 aromatic carbocycles. The highest BCUT2D eigenvalue weighted by molar-refractivity contribution is 7.03. The molecule has 3 nitrogen and oxygen atoms in total. The van der Waals surface area contributed by atoms with Gasteiger partial charge < -0.3 is 5.32 Å². The molecule has 1 aromatic heterocycles. The summed E-state index contributed by atoms with van der Waals surface area (Å²) in [5.74, 6) is 0.552. The summed E-state index contributed by atoms with van der Waals surface area (Å²) < 4.78 is 4.09.